The van der Waals surface area contributed by atoms with Gasteiger partial charge in [0, 0.05) is 44.3 Å². The van der Waals surface area contributed by atoms with Gasteiger partial charge in [0.25, 0.3) is 0 Å². The van der Waals surface area contributed by atoms with E-state index in [0.717, 1.165) is 83.5 Å². The van der Waals surface area contributed by atoms with Crippen LogP contribution >= 0.6 is 0 Å². The van der Waals surface area contributed by atoms with Gasteiger partial charge in [0.2, 0.25) is 5.90 Å². The molecule has 2 N–H and O–H groups in total. The fraction of sp³-hybridized carbons (Fsp3) is 0.154. The first kappa shape index (κ1) is 36.7. The Morgan fingerprint density at radius 1 is 0.414 bits per heavy atom. The fourth-order valence-corrected chi connectivity index (χ4v) is 7.97. The number of nitrogens with one attached hydrogen (secondary N) is 2. The van der Waals surface area contributed by atoms with Crippen LogP contribution < -0.4 is 4.74 Å². The summed E-state index contributed by atoms with van der Waals surface area (Å²) in [4.78, 5) is 18.6. The number of fused-ring (bicyclic) bond motifs is 8. The third-order valence-corrected chi connectivity index (χ3v) is 10.9. The molecule has 4 aromatic carbocycles. The van der Waals surface area contributed by atoms with Crippen molar-refractivity contribution in [2.75, 3.05) is 13.2 Å². The summed E-state index contributed by atoms with van der Waals surface area (Å²) < 4.78 is 13.3. The van der Waals surface area contributed by atoms with Crippen molar-refractivity contribution in [3.63, 3.8) is 0 Å². The molecule has 0 spiro atoms. The zero-order valence-electron chi connectivity index (χ0n) is 33.8. The molecule has 6 nitrogen and oxygen atoms in total. The molecule has 58 heavy (non-hydrogen) atoms. The molecule has 7 aromatic rings. The molecule has 286 valence electrons. The number of ether oxygens (including phenoxy) is 2. The van der Waals surface area contributed by atoms with E-state index in [2.05, 4.69) is 171 Å². The maximum Gasteiger partial charge on any atom is 0.226 e. The number of benzene rings is 4. The molecule has 0 radical (unpaired) electrons. The van der Waals surface area contributed by atoms with Crippen molar-refractivity contribution in [2.45, 2.75) is 41.5 Å². The van der Waals surface area contributed by atoms with Crippen LogP contribution in [0.5, 0.6) is 5.75 Å². The summed E-state index contributed by atoms with van der Waals surface area (Å²) in [5, 5.41) is 0. The molecule has 3 aromatic heterocycles. The summed E-state index contributed by atoms with van der Waals surface area (Å²) in [6.07, 6.45) is 4.28. The van der Waals surface area contributed by atoms with Gasteiger partial charge in [-0.15, -0.1) is 0 Å². The third-order valence-electron chi connectivity index (χ3n) is 10.9. The summed E-state index contributed by atoms with van der Waals surface area (Å²) in [6, 6.07) is 43.2. The first-order chi connectivity index (χ1) is 28.3. The first-order valence-corrected chi connectivity index (χ1v) is 20.1. The second-order valence-corrected chi connectivity index (χ2v) is 15.1. The Morgan fingerprint density at radius 2 is 0.776 bits per heavy atom. The highest BCUT2D eigenvalue weighted by Crippen LogP contribution is 2.49. The summed E-state index contributed by atoms with van der Waals surface area (Å²) in [5.74, 6) is 1.19. The van der Waals surface area contributed by atoms with Gasteiger partial charge in [0.05, 0.1) is 30.2 Å². The Hall–Kier alpha value is -6.92. The molecule has 2 aliphatic heterocycles. The van der Waals surface area contributed by atoms with Crippen LogP contribution in [0.3, 0.4) is 0 Å². The van der Waals surface area contributed by atoms with Gasteiger partial charge in [0.15, 0.2) is 5.75 Å². The first-order valence-electron chi connectivity index (χ1n) is 20.1. The van der Waals surface area contributed by atoms with Crippen LogP contribution in [-0.4, -0.2) is 34.1 Å². The summed E-state index contributed by atoms with van der Waals surface area (Å²) in [6.45, 7) is 13.3. The van der Waals surface area contributed by atoms with E-state index in [1.165, 1.54) is 22.3 Å². The van der Waals surface area contributed by atoms with Crippen LogP contribution in [0, 0.1) is 27.7 Å². The van der Waals surface area contributed by atoms with Crippen molar-refractivity contribution in [3.8, 4) is 50.3 Å². The average molecular weight is 759 g/mol. The van der Waals surface area contributed by atoms with Gasteiger partial charge >= 0.3 is 0 Å². The van der Waals surface area contributed by atoms with Gasteiger partial charge in [-0.2, -0.15) is 0 Å². The van der Waals surface area contributed by atoms with Crippen LogP contribution in [0.15, 0.2) is 126 Å². The summed E-state index contributed by atoms with van der Waals surface area (Å²) in [7, 11) is 0. The van der Waals surface area contributed by atoms with Crippen molar-refractivity contribution in [1.29, 1.82) is 0 Å². The molecule has 0 fully saturated rings. The van der Waals surface area contributed by atoms with Crippen molar-refractivity contribution in [3.05, 3.63) is 161 Å². The third kappa shape index (κ3) is 6.71. The number of aromatic amines is 2. The van der Waals surface area contributed by atoms with E-state index < -0.39 is 0 Å². The van der Waals surface area contributed by atoms with Gasteiger partial charge < -0.3 is 19.4 Å². The van der Waals surface area contributed by atoms with E-state index in [1.807, 2.05) is 13.8 Å². The molecule has 0 aliphatic carbocycles. The molecule has 6 heteroatoms. The van der Waals surface area contributed by atoms with Crippen LogP contribution in [-0.2, 0) is 4.74 Å². The highest BCUT2D eigenvalue weighted by atomic mass is 16.5. The van der Waals surface area contributed by atoms with Crippen LogP contribution in [0.4, 0.5) is 5.69 Å². The standard InChI is InChI=1S/C52H46N4O2/c1-7-57-51-49-47(37-21-13-33(5)14-22-37)43-29-27-41(54-43)45(35-17-9-31(3)10-18-35)39-25-26-40(53-39)46(36-19-11-32(4)12-20-36)42-28-30-44(55-42)48(38-23-15-34(6)16-24-38)50(51)56-52(49)58-8-2/h9-30,54-55H,7-8H2,1-6H3. The molecule has 2 aliphatic rings. The van der Waals surface area contributed by atoms with Crippen LogP contribution in [0.2, 0.25) is 0 Å². The molecular weight excluding hydrogens is 713 g/mol. The topological polar surface area (TPSA) is 75.3 Å². The Labute approximate surface area is 339 Å². The minimum Gasteiger partial charge on any atom is -0.491 e. The molecule has 0 unspecified atom stereocenters. The number of rotatable bonds is 7. The van der Waals surface area contributed by atoms with Gasteiger partial charge in [0.1, 0.15) is 5.69 Å². The minimum atomic E-state index is 0.434. The predicted molar refractivity (Wildman–Crippen MR) is 242 cm³/mol. The van der Waals surface area contributed by atoms with E-state index in [-0.39, 0.29) is 0 Å². The largest absolute Gasteiger partial charge is 0.491 e. The number of nitrogens with zero attached hydrogens (tertiary/aromatic N) is 2. The number of hydrogen-bond donors (Lipinski definition) is 2. The Morgan fingerprint density at radius 3 is 1.19 bits per heavy atom. The predicted octanol–water partition coefficient (Wildman–Crippen LogP) is 13.5. The molecule has 9 rings (SSSR count). The van der Waals surface area contributed by atoms with Gasteiger partial charge in [-0.3, -0.25) is 0 Å². The Balaban J connectivity index is 1.54. The SMILES string of the molecule is CCOC1=Nc2c(OCC)c1c(-c1ccc(C)cc1)c1ccc([nH]1)c(-c1ccc(C)cc1)c1nc(c(-c3ccc(C)cc3)c3ccc([nH]3)c2-c2ccc(C)cc2)C=C1. The Kier molecular flexibility index (Phi) is 9.62. The van der Waals surface area contributed by atoms with Crippen LogP contribution in [0.1, 0.15) is 53.1 Å². The zero-order chi connectivity index (χ0) is 39.9. The normalized spacial score (nSPS) is 12.1. The molecule has 0 saturated carbocycles. The lowest BCUT2D eigenvalue weighted by Crippen LogP contribution is -2.07. The highest BCUT2D eigenvalue weighted by Gasteiger charge is 2.30. The summed E-state index contributed by atoms with van der Waals surface area (Å²) in [5.41, 5.74) is 19.7. The average Bonchev–Trinajstić information content (AvgIpc) is 4.06. The summed E-state index contributed by atoms with van der Waals surface area (Å²) >= 11 is 0. The van der Waals surface area contributed by atoms with Gasteiger partial charge in [-0.1, -0.05) is 119 Å². The van der Waals surface area contributed by atoms with E-state index >= 15 is 0 Å². The van der Waals surface area contributed by atoms with E-state index in [4.69, 9.17) is 19.5 Å². The molecule has 8 bridgehead atoms. The smallest absolute Gasteiger partial charge is 0.226 e. The number of aromatic nitrogens is 3. The Bertz CT molecular complexity index is 2910. The van der Waals surface area contributed by atoms with Gasteiger partial charge in [-0.25, -0.2) is 9.98 Å². The number of H-pyrrole nitrogens is 2. The fourth-order valence-electron chi connectivity index (χ4n) is 7.97. The van der Waals surface area contributed by atoms with E-state index in [0.29, 0.717) is 30.5 Å². The zero-order valence-corrected chi connectivity index (χ0v) is 33.8. The highest BCUT2D eigenvalue weighted by molar-refractivity contribution is 6.14. The minimum absolute atomic E-state index is 0.434. The lowest BCUT2D eigenvalue weighted by atomic mass is 9.98. The lowest BCUT2D eigenvalue weighted by molar-refractivity contribution is 0.324. The molecule has 0 atom stereocenters. The van der Waals surface area contributed by atoms with Crippen molar-refractivity contribution in [2.24, 2.45) is 4.99 Å². The van der Waals surface area contributed by atoms with Crippen molar-refractivity contribution in [1.82, 2.24) is 15.0 Å². The van der Waals surface area contributed by atoms with Gasteiger partial charge in [-0.05, 0) is 100 Å². The number of aliphatic imine (C=N–C) groups is 1. The monoisotopic (exact) mass is 758 g/mol. The number of hydrogen-bond acceptors (Lipinski definition) is 4. The quantitative estimate of drug-likeness (QED) is 0.170. The molecular formula is C52H46N4O2. The molecule has 0 amide bonds. The molecule has 0 saturated heterocycles. The van der Waals surface area contributed by atoms with Crippen molar-refractivity contribution < 1.29 is 9.47 Å². The number of aryl methyl sites for hydroxylation is 4. The molecule has 5 heterocycles. The maximum absolute atomic E-state index is 6.78. The van der Waals surface area contributed by atoms with E-state index in [1.54, 1.807) is 0 Å². The van der Waals surface area contributed by atoms with Crippen molar-refractivity contribution >= 4 is 45.8 Å². The van der Waals surface area contributed by atoms with E-state index in [9.17, 15) is 0 Å². The second kappa shape index (κ2) is 15.2. The van der Waals surface area contributed by atoms with Crippen LogP contribution in [0.25, 0.3) is 78.7 Å². The second-order valence-electron chi connectivity index (χ2n) is 15.1. The lowest BCUT2D eigenvalue weighted by Gasteiger charge is -2.13. The maximum atomic E-state index is 6.78.